The van der Waals surface area contributed by atoms with Gasteiger partial charge in [-0.15, -0.1) is 0 Å². The van der Waals surface area contributed by atoms with Crippen LogP contribution in [0, 0.1) is 18.7 Å². The van der Waals surface area contributed by atoms with Gasteiger partial charge in [-0.25, -0.2) is 4.39 Å². The van der Waals surface area contributed by atoms with Crippen molar-refractivity contribution in [1.82, 2.24) is 5.32 Å². The zero-order valence-corrected chi connectivity index (χ0v) is 10.8. The Morgan fingerprint density at radius 3 is 2.76 bits per heavy atom. The summed E-state index contributed by atoms with van der Waals surface area (Å²) in [7, 11) is 0. The normalized spacial score (nSPS) is 21.0. The van der Waals surface area contributed by atoms with Gasteiger partial charge in [0.25, 0.3) is 0 Å². The molecule has 1 fully saturated rings. The minimum absolute atomic E-state index is 0.138. The molecule has 1 unspecified atom stereocenters. The molecular formula is C14H21FN2. The highest BCUT2D eigenvalue weighted by Gasteiger charge is 2.25. The summed E-state index contributed by atoms with van der Waals surface area (Å²) < 4.78 is 13.5. The number of nitrogens with one attached hydrogen (secondary N) is 1. The Morgan fingerprint density at radius 2 is 2.12 bits per heavy atom. The van der Waals surface area contributed by atoms with Crippen LogP contribution in [0.15, 0.2) is 18.2 Å². The Morgan fingerprint density at radius 1 is 1.35 bits per heavy atom. The lowest BCUT2D eigenvalue weighted by Crippen LogP contribution is -2.53. The van der Waals surface area contributed by atoms with Gasteiger partial charge in [0.2, 0.25) is 0 Å². The van der Waals surface area contributed by atoms with E-state index in [4.69, 9.17) is 0 Å². The standard InChI is InChI=1S/C14H21FN2/c1-10(2)14-9-16-4-5-17(14)13-7-11(3)6-12(15)8-13/h6-8,10,14,16H,4-5,9H2,1-3H3. The predicted octanol–water partition coefficient (Wildman–Crippen LogP) is 2.57. The van der Waals surface area contributed by atoms with Crippen molar-refractivity contribution in [1.29, 1.82) is 0 Å². The van der Waals surface area contributed by atoms with E-state index in [2.05, 4.69) is 30.1 Å². The molecule has 1 saturated heterocycles. The monoisotopic (exact) mass is 236 g/mol. The molecule has 2 rings (SSSR count). The number of aryl methyl sites for hydroxylation is 1. The third-order valence-corrected chi connectivity index (χ3v) is 3.41. The largest absolute Gasteiger partial charge is 0.366 e. The quantitative estimate of drug-likeness (QED) is 0.849. The molecule has 3 heteroatoms. The summed E-state index contributed by atoms with van der Waals surface area (Å²) in [5.41, 5.74) is 2.00. The molecule has 1 aliphatic heterocycles. The first-order valence-corrected chi connectivity index (χ1v) is 6.32. The summed E-state index contributed by atoms with van der Waals surface area (Å²) in [5.74, 6) is 0.424. The Labute approximate surface area is 103 Å². The van der Waals surface area contributed by atoms with Crippen molar-refractivity contribution in [3.63, 3.8) is 0 Å². The van der Waals surface area contributed by atoms with Crippen LogP contribution in [0.25, 0.3) is 0 Å². The van der Waals surface area contributed by atoms with Gasteiger partial charge in [-0.1, -0.05) is 13.8 Å². The van der Waals surface area contributed by atoms with Crippen molar-refractivity contribution < 1.29 is 4.39 Å². The van der Waals surface area contributed by atoms with Crippen LogP contribution in [-0.4, -0.2) is 25.7 Å². The lowest BCUT2D eigenvalue weighted by atomic mass is 9.99. The summed E-state index contributed by atoms with van der Waals surface area (Å²) in [5, 5.41) is 3.41. The second-order valence-corrected chi connectivity index (χ2v) is 5.20. The second-order valence-electron chi connectivity index (χ2n) is 5.20. The molecule has 0 radical (unpaired) electrons. The van der Waals surface area contributed by atoms with Gasteiger partial charge >= 0.3 is 0 Å². The van der Waals surface area contributed by atoms with E-state index >= 15 is 0 Å². The van der Waals surface area contributed by atoms with Gasteiger partial charge in [0, 0.05) is 31.4 Å². The lowest BCUT2D eigenvalue weighted by molar-refractivity contribution is 0.390. The second kappa shape index (κ2) is 5.05. The number of halogens is 1. The number of anilines is 1. The molecule has 2 nitrogen and oxygen atoms in total. The maximum atomic E-state index is 13.5. The number of nitrogens with zero attached hydrogens (tertiary/aromatic N) is 1. The Hall–Kier alpha value is -1.09. The zero-order valence-electron chi connectivity index (χ0n) is 10.8. The van der Waals surface area contributed by atoms with Gasteiger partial charge < -0.3 is 10.2 Å². The summed E-state index contributed by atoms with van der Waals surface area (Å²) in [6.07, 6.45) is 0. The van der Waals surface area contributed by atoms with Gasteiger partial charge in [-0.05, 0) is 36.6 Å². The fourth-order valence-corrected chi connectivity index (χ4v) is 2.52. The third-order valence-electron chi connectivity index (χ3n) is 3.41. The van der Waals surface area contributed by atoms with Crippen LogP contribution in [0.2, 0.25) is 0 Å². The Kier molecular flexibility index (Phi) is 3.67. The minimum Gasteiger partial charge on any atom is -0.366 e. The van der Waals surface area contributed by atoms with E-state index in [1.54, 1.807) is 12.1 Å². The van der Waals surface area contributed by atoms with E-state index in [1.807, 2.05) is 6.92 Å². The zero-order chi connectivity index (χ0) is 12.4. The molecule has 1 aliphatic rings. The van der Waals surface area contributed by atoms with E-state index in [0.29, 0.717) is 12.0 Å². The highest BCUT2D eigenvalue weighted by Crippen LogP contribution is 2.24. The minimum atomic E-state index is -0.138. The van der Waals surface area contributed by atoms with Crippen molar-refractivity contribution >= 4 is 5.69 Å². The first-order chi connectivity index (χ1) is 8.08. The number of rotatable bonds is 2. The van der Waals surface area contributed by atoms with E-state index in [-0.39, 0.29) is 5.82 Å². The van der Waals surface area contributed by atoms with Gasteiger partial charge in [-0.3, -0.25) is 0 Å². The molecule has 0 spiro atoms. The van der Waals surface area contributed by atoms with Gasteiger partial charge in [0.15, 0.2) is 0 Å². The molecule has 0 saturated carbocycles. The number of hydrogen-bond donors (Lipinski definition) is 1. The summed E-state index contributed by atoms with van der Waals surface area (Å²) in [6, 6.07) is 5.75. The molecule has 1 aromatic rings. The van der Waals surface area contributed by atoms with Crippen LogP contribution < -0.4 is 10.2 Å². The molecule has 1 atom stereocenters. The van der Waals surface area contributed by atoms with Crippen LogP contribution in [0.5, 0.6) is 0 Å². The van der Waals surface area contributed by atoms with Gasteiger partial charge in [0.1, 0.15) is 5.82 Å². The van der Waals surface area contributed by atoms with Crippen molar-refractivity contribution in [2.45, 2.75) is 26.8 Å². The number of piperazine rings is 1. The van der Waals surface area contributed by atoms with E-state index in [0.717, 1.165) is 30.9 Å². The SMILES string of the molecule is Cc1cc(F)cc(N2CCNCC2C(C)C)c1. The fraction of sp³-hybridized carbons (Fsp3) is 0.571. The molecule has 1 N–H and O–H groups in total. The average molecular weight is 236 g/mol. The molecule has 0 amide bonds. The molecule has 1 heterocycles. The molecule has 0 aromatic heterocycles. The number of benzene rings is 1. The molecular weight excluding hydrogens is 215 g/mol. The summed E-state index contributed by atoms with van der Waals surface area (Å²) >= 11 is 0. The predicted molar refractivity (Wildman–Crippen MR) is 70.0 cm³/mol. The van der Waals surface area contributed by atoms with Crippen molar-refractivity contribution in [3.05, 3.63) is 29.6 Å². The molecule has 1 aromatic carbocycles. The maximum Gasteiger partial charge on any atom is 0.125 e. The average Bonchev–Trinajstić information content (AvgIpc) is 2.27. The molecule has 0 aliphatic carbocycles. The first-order valence-electron chi connectivity index (χ1n) is 6.32. The first kappa shape index (κ1) is 12.4. The summed E-state index contributed by atoms with van der Waals surface area (Å²) in [6.45, 7) is 9.28. The van der Waals surface area contributed by atoms with Crippen LogP contribution in [-0.2, 0) is 0 Å². The van der Waals surface area contributed by atoms with Crippen molar-refractivity contribution in [2.75, 3.05) is 24.5 Å². The molecule has 0 bridgehead atoms. The van der Waals surface area contributed by atoms with Crippen LogP contribution in [0.1, 0.15) is 19.4 Å². The van der Waals surface area contributed by atoms with E-state index < -0.39 is 0 Å². The van der Waals surface area contributed by atoms with Crippen molar-refractivity contribution in [2.24, 2.45) is 5.92 Å². The maximum absolute atomic E-state index is 13.5. The topological polar surface area (TPSA) is 15.3 Å². The Balaban J connectivity index is 2.29. The summed E-state index contributed by atoms with van der Waals surface area (Å²) in [4.78, 5) is 2.33. The van der Waals surface area contributed by atoms with Crippen molar-refractivity contribution in [3.8, 4) is 0 Å². The lowest BCUT2D eigenvalue weighted by Gasteiger charge is -2.40. The molecule has 17 heavy (non-hydrogen) atoms. The van der Waals surface area contributed by atoms with Crippen LogP contribution in [0.4, 0.5) is 10.1 Å². The van der Waals surface area contributed by atoms with E-state index in [1.165, 1.54) is 0 Å². The third kappa shape index (κ3) is 2.78. The van der Waals surface area contributed by atoms with Crippen LogP contribution in [0.3, 0.4) is 0 Å². The highest BCUT2D eigenvalue weighted by atomic mass is 19.1. The Bertz CT molecular complexity index is 370. The molecule has 94 valence electrons. The van der Waals surface area contributed by atoms with Gasteiger partial charge in [-0.2, -0.15) is 0 Å². The smallest absolute Gasteiger partial charge is 0.125 e. The fourth-order valence-electron chi connectivity index (χ4n) is 2.52. The number of hydrogen-bond acceptors (Lipinski definition) is 2. The highest BCUT2D eigenvalue weighted by molar-refractivity contribution is 5.50. The van der Waals surface area contributed by atoms with Crippen LogP contribution >= 0.6 is 0 Å². The van der Waals surface area contributed by atoms with E-state index in [9.17, 15) is 4.39 Å². The van der Waals surface area contributed by atoms with Gasteiger partial charge in [0.05, 0.1) is 0 Å².